The number of carbonyl (C=O) groups is 1. The van der Waals surface area contributed by atoms with Gasteiger partial charge in [-0.2, -0.15) is 0 Å². The van der Waals surface area contributed by atoms with Crippen LogP contribution in [0.2, 0.25) is 0 Å². The van der Waals surface area contributed by atoms with E-state index in [4.69, 9.17) is 0 Å². The number of carbonyl (C=O) groups excluding carboxylic acids is 1. The molecule has 0 spiro atoms. The summed E-state index contributed by atoms with van der Waals surface area (Å²) in [4.78, 5) is 28.4. The summed E-state index contributed by atoms with van der Waals surface area (Å²) in [5.74, 6) is -0.234. The first kappa shape index (κ1) is 17.2. The van der Waals surface area contributed by atoms with Crippen LogP contribution in [0.1, 0.15) is 10.6 Å². The molecule has 4 rings (SSSR count). The second kappa shape index (κ2) is 7.55. The minimum absolute atomic E-state index is 0.00682. The van der Waals surface area contributed by atoms with E-state index >= 15 is 0 Å². The molecule has 0 unspecified atom stereocenters. The number of aromatic nitrogens is 2. The summed E-state index contributed by atoms with van der Waals surface area (Å²) < 4.78 is 2.56. The highest BCUT2D eigenvalue weighted by Crippen LogP contribution is 2.24. The summed E-state index contributed by atoms with van der Waals surface area (Å²) in [6.07, 6.45) is 2.36. The molecule has 0 fully saturated rings. The highest BCUT2D eigenvalue weighted by atomic mass is 32.1. The lowest BCUT2D eigenvalue weighted by atomic mass is 10.1. The topological polar surface area (TPSA) is 64.0 Å². The van der Waals surface area contributed by atoms with Gasteiger partial charge in [0.1, 0.15) is 6.54 Å². The Kier molecular flexibility index (Phi) is 4.80. The van der Waals surface area contributed by atoms with Gasteiger partial charge >= 0.3 is 0 Å². The summed E-state index contributed by atoms with van der Waals surface area (Å²) in [6, 6.07) is 20.6. The summed E-state index contributed by atoms with van der Waals surface area (Å²) in [5, 5.41) is 3.88. The highest BCUT2D eigenvalue weighted by molar-refractivity contribution is 7.18. The number of hydrogen-bond donors (Lipinski definition) is 1. The van der Waals surface area contributed by atoms with Gasteiger partial charge in [-0.15, -0.1) is 11.3 Å². The van der Waals surface area contributed by atoms with E-state index in [0.29, 0.717) is 5.69 Å². The lowest BCUT2D eigenvalue weighted by Crippen LogP contribution is -2.26. The Morgan fingerprint density at radius 3 is 2.56 bits per heavy atom. The van der Waals surface area contributed by atoms with E-state index in [-0.39, 0.29) is 18.0 Å². The molecule has 0 atom stereocenters. The number of fused-ring (bicyclic) bond motifs is 1. The molecule has 2 aromatic heterocycles. The van der Waals surface area contributed by atoms with Crippen molar-refractivity contribution in [2.24, 2.45) is 0 Å². The van der Waals surface area contributed by atoms with Gasteiger partial charge in [0.15, 0.2) is 0 Å². The third-order valence-electron chi connectivity index (χ3n) is 4.14. The van der Waals surface area contributed by atoms with Gasteiger partial charge < -0.3 is 9.88 Å². The van der Waals surface area contributed by atoms with Crippen LogP contribution in [0, 0.1) is 0 Å². The first-order chi connectivity index (χ1) is 13.2. The van der Waals surface area contributed by atoms with Crippen LogP contribution in [0.3, 0.4) is 0 Å². The predicted octanol–water partition coefficient (Wildman–Crippen LogP) is 3.69. The number of nitrogens with zero attached hydrogens (tertiary/aromatic N) is 2. The third-order valence-corrected chi connectivity index (χ3v) is 5.18. The van der Waals surface area contributed by atoms with Gasteiger partial charge in [-0.1, -0.05) is 30.3 Å². The van der Waals surface area contributed by atoms with Crippen molar-refractivity contribution in [1.29, 1.82) is 0 Å². The molecular formula is C21H17N3O2S. The van der Waals surface area contributed by atoms with Crippen molar-refractivity contribution < 1.29 is 4.79 Å². The van der Waals surface area contributed by atoms with Crippen LogP contribution < -0.4 is 10.9 Å². The normalized spacial score (nSPS) is 10.8. The number of thiazole rings is 1. The zero-order valence-electron chi connectivity index (χ0n) is 14.5. The standard InChI is InChI=1S/C21H17N3O2S/c25-19(14-24-12-4-3-7-21(24)26)22-16-10-8-15(9-11-16)13-20-23-17-5-1-2-6-18(17)27-20/h1-12H,13-14H2,(H,22,25). The van der Waals surface area contributed by atoms with Crippen LogP contribution in [-0.4, -0.2) is 15.5 Å². The van der Waals surface area contributed by atoms with Gasteiger partial charge in [-0.3, -0.25) is 9.59 Å². The molecule has 2 heterocycles. The quantitative estimate of drug-likeness (QED) is 0.579. The van der Waals surface area contributed by atoms with Crippen LogP contribution in [0.15, 0.2) is 77.7 Å². The van der Waals surface area contributed by atoms with Crippen molar-refractivity contribution in [1.82, 2.24) is 9.55 Å². The van der Waals surface area contributed by atoms with E-state index < -0.39 is 0 Å². The molecule has 0 aliphatic heterocycles. The summed E-state index contributed by atoms with van der Waals surface area (Å²) in [6.45, 7) is -0.00682. The number of nitrogens with one attached hydrogen (secondary N) is 1. The van der Waals surface area contributed by atoms with E-state index in [2.05, 4.69) is 16.4 Å². The second-order valence-corrected chi connectivity index (χ2v) is 7.28. The van der Waals surface area contributed by atoms with Gasteiger partial charge in [0.25, 0.3) is 5.56 Å². The Morgan fingerprint density at radius 1 is 1.00 bits per heavy atom. The molecule has 6 heteroatoms. The summed E-state index contributed by atoms with van der Waals surface area (Å²) >= 11 is 1.70. The van der Waals surface area contributed by atoms with E-state index in [1.54, 1.807) is 29.7 Å². The number of pyridine rings is 1. The van der Waals surface area contributed by atoms with Crippen LogP contribution in [0.4, 0.5) is 5.69 Å². The number of anilines is 1. The van der Waals surface area contributed by atoms with Gasteiger partial charge in [-0.05, 0) is 35.9 Å². The smallest absolute Gasteiger partial charge is 0.250 e. The summed E-state index contributed by atoms with van der Waals surface area (Å²) in [7, 11) is 0. The summed E-state index contributed by atoms with van der Waals surface area (Å²) in [5.41, 5.74) is 2.67. The number of hydrogen-bond acceptors (Lipinski definition) is 4. The number of benzene rings is 2. The number of para-hydroxylation sites is 1. The third kappa shape index (κ3) is 4.12. The molecule has 134 valence electrons. The molecule has 1 N–H and O–H groups in total. The molecule has 0 radical (unpaired) electrons. The SMILES string of the molecule is O=C(Cn1ccccc1=O)Nc1ccc(Cc2nc3ccccc3s2)cc1. The first-order valence-electron chi connectivity index (χ1n) is 8.56. The molecule has 5 nitrogen and oxygen atoms in total. The Hall–Kier alpha value is -3.25. The van der Waals surface area contributed by atoms with Crippen molar-refractivity contribution in [3.8, 4) is 0 Å². The Bertz CT molecular complexity index is 1110. The molecule has 1 amide bonds. The molecule has 0 bridgehead atoms. The van der Waals surface area contributed by atoms with Crippen molar-refractivity contribution in [3.05, 3.63) is 93.9 Å². The average molecular weight is 375 g/mol. The van der Waals surface area contributed by atoms with Crippen LogP contribution in [0.25, 0.3) is 10.2 Å². The van der Waals surface area contributed by atoms with Crippen molar-refractivity contribution in [3.63, 3.8) is 0 Å². The van der Waals surface area contributed by atoms with Gasteiger partial charge in [0.2, 0.25) is 5.91 Å². The maximum Gasteiger partial charge on any atom is 0.250 e. The highest BCUT2D eigenvalue weighted by Gasteiger charge is 2.07. The van der Waals surface area contributed by atoms with E-state index in [1.165, 1.54) is 15.3 Å². The number of amides is 1. The molecule has 4 aromatic rings. The molecule has 0 saturated carbocycles. The van der Waals surface area contributed by atoms with E-state index in [9.17, 15) is 9.59 Å². The lowest BCUT2D eigenvalue weighted by molar-refractivity contribution is -0.116. The maximum absolute atomic E-state index is 12.1. The zero-order chi connectivity index (χ0) is 18.6. The van der Waals surface area contributed by atoms with Gasteiger partial charge in [0.05, 0.1) is 15.2 Å². The van der Waals surface area contributed by atoms with Crippen LogP contribution in [-0.2, 0) is 17.8 Å². The average Bonchev–Trinajstić information content (AvgIpc) is 3.07. The zero-order valence-corrected chi connectivity index (χ0v) is 15.3. The van der Waals surface area contributed by atoms with Crippen LogP contribution in [0.5, 0.6) is 0 Å². The molecule has 27 heavy (non-hydrogen) atoms. The van der Waals surface area contributed by atoms with Crippen molar-refractivity contribution in [2.45, 2.75) is 13.0 Å². The molecule has 2 aromatic carbocycles. The maximum atomic E-state index is 12.1. The van der Waals surface area contributed by atoms with Crippen molar-refractivity contribution >= 4 is 33.1 Å². The Balaban J connectivity index is 1.40. The lowest BCUT2D eigenvalue weighted by Gasteiger charge is -2.08. The van der Waals surface area contributed by atoms with Crippen molar-refractivity contribution in [2.75, 3.05) is 5.32 Å². The monoisotopic (exact) mass is 375 g/mol. The molecular weight excluding hydrogens is 358 g/mol. The minimum atomic E-state index is -0.234. The number of rotatable bonds is 5. The minimum Gasteiger partial charge on any atom is -0.325 e. The van der Waals surface area contributed by atoms with Gasteiger partial charge in [-0.25, -0.2) is 4.98 Å². The molecule has 0 aliphatic rings. The Morgan fingerprint density at radius 2 is 1.78 bits per heavy atom. The van der Waals surface area contributed by atoms with Crippen LogP contribution >= 0.6 is 11.3 Å². The Labute approximate surface area is 159 Å². The molecule has 0 aliphatic carbocycles. The fourth-order valence-electron chi connectivity index (χ4n) is 2.82. The fraction of sp³-hybridized carbons (Fsp3) is 0.0952. The fourth-order valence-corrected chi connectivity index (χ4v) is 3.82. The molecule has 0 saturated heterocycles. The first-order valence-corrected chi connectivity index (χ1v) is 9.38. The second-order valence-electron chi connectivity index (χ2n) is 6.16. The van der Waals surface area contributed by atoms with E-state index in [1.807, 2.05) is 42.5 Å². The van der Waals surface area contributed by atoms with E-state index in [0.717, 1.165) is 22.5 Å². The largest absolute Gasteiger partial charge is 0.325 e. The predicted molar refractivity (Wildman–Crippen MR) is 108 cm³/mol. The van der Waals surface area contributed by atoms with Gasteiger partial charge in [0, 0.05) is 24.4 Å².